The summed E-state index contributed by atoms with van der Waals surface area (Å²) < 4.78 is 5.79. The summed E-state index contributed by atoms with van der Waals surface area (Å²) in [5, 5.41) is 4.00. The summed E-state index contributed by atoms with van der Waals surface area (Å²) in [6.45, 7) is 0. The molecule has 1 aliphatic carbocycles. The normalized spacial score (nSPS) is 17.8. The van der Waals surface area contributed by atoms with Gasteiger partial charge in [0.2, 0.25) is 0 Å². The molecule has 5 heteroatoms. The van der Waals surface area contributed by atoms with Crippen molar-refractivity contribution in [3.63, 3.8) is 0 Å². The van der Waals surface area contributed by atoms with Crippen LogP contribution in [0.3, 0.4) is 0 Å². The number of anilines is 1. The Morgan fingerprint density at radius 3 is 2.63 bits per heavy atom. The number of rotatable bonds is 3. The molecule has 2 rings (SSSR count). The minimum Gasteiger partial charge on any atom is -0.467 e. The molecule has 0 aliphatic heterocycles. The van der Waals surface area contributed by atoms with Gasteiger partial charge in [-0.15, -0.1) is 0 Å². The quantitative estimate of drug-likeness (QED) is 0.825. The van der Waals surface area contributed by atoms with Gasteiger partial charge in [0.05, 0.1) is 12.1 Å². The molecule has 0 spiro atoms. The van der Waals surface area contributed by atoms with E-state index in [1.54, 1.807) is 0 Å². The zero-order valence-electron chi connectivity index (χ0n) is 10.8. The lowest BCUT2D eigenvalue weighted by Crippen LogP contribution is -2.48. The maximum Gasteiger partial charge on any atom is 0.331 e. The molecule has 1 fully saturated rings. The van der Waals surface area contributed by atoms with Gasteiger partial charge >= 0.3 is 5.97 Å². The maximum atomic E-state index is 12.1. The molecule has 19 heavy (non-hydrogen) atoms. The van der Waals surface area contributed by atoms with Gasteiger partial charge in [0.25, 0.3) is 0 Å². The highest BCUT2D eigenvalue weighted by atomic mass is 79.9. The van der Waals surface area contributed by atoms with Crippen LogP contribution in [0.4, 0.5) is 5.69 Å². The highest BCUT2D eigenvalue weighted by Gasteiger charge is 2.40. The standard InChI is InChI=1S/C14H17BrClNO2/c1-19-13(18)14(7-3-2-4-8-14)17-10-5-6-12(16)11(15)9-10/h5-6,9,17H,2-4,7-8H2,1H3. The Balaban J connectivity index is 2.24. The Labute approximate surface area is 126 Å². The molecule has 1 aromatic carbocycles. The fourth-order valence-corrected chi connectivity index (χ4v) is 3.08. The van der Waals surface area contributed by atoms with Crippen molar-refractivity contribution in [1.82, 2.24) is 0 Å². The van der Waals surface area contributed by atoms with Crippen LogP contribution in [0.2, 0.25) is 5.02 Å². The first-order valence-corrected chi connectivity index (χ1v) is 7.56. The van der Waals surface area contributed by atoms with Crippen molar-refractivity contribution in [3.8, 4) is 0 Å². The van der Waals surface area contributed by atoms with Gasteiger partial charge in [-0.05, 0) is 47.0 Å². The van der Waals surface area contributed by atoms with Gasteiger partial charge < -0.3 is 10.1 Å². The van der Waals surface area contributed by atoms with Gasteiger partial charge in [0.15, 0.2) is 0 Å². The zero-order chi connectivity index (χ0) is 13.9. The lowest BCUT2D eigenvalue weighted by Gasteiger charge is -2.36. The Kier molecular flexibility index (Phi) is 4.74. The zero-order valence-corrected chi connectivity index (χ0v) is 13.2. The molecule has 0 aromatic heterocycles. The second kappa shape index (κ2) is 6.14. The molecule has 1 aliphatic rings. The molecule has 0 bridgehead atoms. The van der Waals surface area contributed by atoms with Crippen LogP contribution in [0.25, 0.3) is 0 Å². The summed E-state index contributed by atoms with van der Waals surface area (Å²) in [6.07, 6.45) is 4.86. The predicted octanol–water partition coefficient (Wildman–Crippen LogP) is 4.39. The van der Waals surface area contributed by atoms with E-state index >= 15 is 0 Å². The number of hydrogen-bond acceptors (Lipinski definition) is 3. The number of halogens is 2. The molecular weight excluding hydrogens is 330 g/mol. The van der Waals surface area contributed by atoms with Crippen molar-refractivity contribution in [2.24, 2.45) is 0 Å². The van der Waals surface area contributed by atoms with Gasteiger partial charge in [-0.25, -0.2) is 4.79 Å². The SMILES string of the molecule is COC(=O)C1(Nc2ccc(Cl)c(Br)c2)CCCCC1. The highest BCUT2D eigenvalue weighted by molar-refractivity contribution is 9.10. The van der Waals surface area contributed by atoms with E-state index in [9.17, 15) is 4.79 Å². The number of nitrogens with one attached hydrogen (secondary N) is 1. The molecule has 3 nitrogen and oxygen atoms in total. The first kappa shape index (κ1) is 14.7. The Morgan fingerprint density at radius 1 is 1.37 bits per heavy atom. The van der Waals surface area contributed by atoms with E-state index < -0.39 is 5.54 Å². The van der Waals surface area contributed by atoms with E-state index in [0.29, 0.717) is 5.02 Å². The summed E-state index contributed by atoms with van der Waals surface area (Å²) in [4.78, 5) is 12.1. The van der Waals surface area contributed by atoms with Crippen molar-refractivity contribution in [2.75, 3.05) is 12.4 Å². The van der Waals surface area contributed by atoms with Crippen LogP contribution < -0.4 is 5.32 Å². The van der Waals surface area contributed by atoms with Crippen LogP contribution in [0.1, 0.15) is 32.1 Å². The predicted molar refractivity (Wildman–Crippen MR) is 80.6 cm³/mol. The smallest absolute Gasteiger partial charge is 0.331 e. The van der Waals surface area contributed by atoms with E-state index in [1.165, 1.54) is 13.5 Å². The minimum atomic E-state index is -0.597. The number of carbonyl (C=O) groups is 1. The van der Waals surface area contributed by atoms with Crippen LogP contribution in [-0.4, -0.2) is 18.6 Å². The van der Waals surface area contributed by atoms with Crippen molar-refractivity contribution in [2.45, 2.75) is 37.6 Å². The van der Waals surface area contributed by atoms with E-state index in [2.05, 4.69) is 21.2 Å². The molecule has 1 saturated carbocycles. The molecular formula is C14H17BrClNO2. The fraction of sp³-hybridized carbons (Fsp3) is 0.500. The Hall–Kier alpha value is -0.740. The number of methoxy groups -OCH3 is 1. The van der Waals surface area contributed by atoms with Crippen molar-refractivity contribution < 1.29 is 9.53 Å². The van der Waals surface area contributed by atoms with Gasteiger partial charge in [-0.1, -0.05) is 30.9 Å². The first-order chi connectivity index (χ1) is 9.07. The average molecular weight is 347 g/mol. The van der Waals surface area contributed by atoms with Gasteiger partial charge in [0.1, 0.15) is 5.54 Å². The lowest BCUT2D eigenvalue weighted by atomic mass is 9.81. The largest absolute Gasteiger partial charge is 0.467 e. The molecule has 0 heterocycles. The van der Waals surface area contributed by atoms with Gasteiger partial charge in [-0.2, -0.15) is 0 Å². The number of benzene rings is 1. The maximum absolute atomic E-state index is 12.1. The van der Waals surface area contributed by atoms with E-state index in [-0.39, 0.29) is 5.97 Å². The Bertz CT molecular complexity index is 473. The molecule has 0 unspecified atom stereocenters. The monoisotopic (exact) mass is 345 g/mol. The number of carbonyl (C=O) groups excluding carboxylic acids is 1. The summed E-state index contributed by atoms with van der Waals surface area (Å²) in [6, 6.07) is 5.58. The summed E-state index contributed by atoms with van der Waals surface area (Å²) in [5.41, 5.74) is 0.281. The third-order valence-electron chi connectivity index (χ3n) is 3.59. The van der Waals surface area contributed by atoms with Crippen LogP contribution in [0, 0.1) is 0 Å². The number of ether oxygens (including phenoxy) is 1. The second-order valence-corrected chi connectivity index (χ2v) is 6.15. The topological polar surface area (TPSA) is 38.3 Å². The second-order valence-electron chi connectivity index (χ2n) is 4.89. The molecule has 1 N–H and O–H groups in total. The van der Waals surface area contributed by atoms with Crippen LogP contribution in [0.15, 0.2) is 22.7 Å². The summed E-state index contributed by atoms with van der Waals surface area (Å²) in [7, 11) is 1.44. The van der Waals surface area contributed by atoms with Crippen LogP contribution in [-0.2, 0) is 9.53 Å². The van der Waals surface area contributed by atoms with Crippen molar-refractivity contribution >= 4 is 39.2 Å². The van der Waals surface area contributed by atoms with Crippen molar-refractivity contribution in [1.29, 1.82) is 0 Å². The molecule has 0 radical (unpaired) electrons. The number of hydrogen-bond donors (Lipinski definition) is 1. The fourth-order valence-electron chi connectivity index (χ4n) is 2.58. The van der Waals surface area contributed by atoms with Crippen LogP contribution >= 0.6 is 27.5 Å². The molecule has 104 valence electrons. The van der Waals surface area contributed by atoms with E-state index in [4.69, 9.17) is 16.3 Å². The molecule has 1 aromatic rings. The Morgan fingerprint density at radius 2 is 2.05 bits per heavy atom. The third-order valence-corrected chi connectivity index (χ3v) is 4.80. The van der Waals surface area contributed by atoms with Crippen LogP contribution in [0.5, 0.6) is 0 Å². The summed E-state index contributed by atoms with van der Waals surface area (Å²) in [5.74, 6) is -0.182. The minimum absolute atomic E-state index is 0.182. The van der Waals surface area contributed by atoms with Gasteiger partial charge in [-0.3, -0.25) is 0 Å². The molecule has 0 saturated heterocycles. The van der Waals surface area contributed by atoms with Gasteiger partial charge in [0, 0.05) is 10.2 Å². The number of esters is 1. The molecule has 0 amide bonds. The highest BCUT2D eigenvalue weighted by Crippen LogP contribution is 2.34. The summed E-state index contributed by atoms with van der Waals surface area (Å²) >= 11 is 9.38. The lowest BCUT2D eigenvalue weighted by molar-refractivity contribution is -0.147. The average Bonchev–Trinajstić information content (AvgIpc) is 2.43. The molecule has 0 atom stereocenters. The van der Waals surface area contributed by atoms with E-state index in [0.717, 1.165) is 35.8 Å². The van der Waals surface area contributed by atoms with E-state index in [1.807, 2.05) is 18.2 Å². The first-order valence-electron chi connectivity index (χ1n) is 6.39. The van der Waals surface area contributed by atoms with Crippen molar-refractivity contribution in [3.05, 3.63) is 27.7 Å². The third kappa shape index (κ3) is 3.23.